The van der Waals surface area contributed by atoms with Crippen molar-refractivity contribution in [3.63, 3.8) is 0 Å². The van der Waals surface area contributed by atoms with Gasteiger partial charge in [0.25, 0.3) is 0 Å². The molecule has 0 bridgehead atoms. The first-order valence-corrected chi connectivity index (χ1v) is 11.5. The summed E-state index contributed by atoms with van der Waals surface area (Å²) in [6.45, 7) is 3.00. The summed E-state index contributed by atoms with van der Waals surface area (Å²) in [4.78, 5) is 26.2. The molecule has 3 aromatic rings. The number of likely N-dealkylation sites (tertiary alicyclic amines) is 1. The van der Waals surface area contributed by atoms with Crippen molar-refractivity contribution in [2.24, 2.45) is 5.73 Å². The molecule has 10 heteroatoms. The van der Waals surface area contributed by atoms with Crippen LogP contribution in [-0.2, 0) is 22.7 Å². The van der Waals surface area contributed by atoms with E-state index in [4.69, 9.17) is 10.2 Å². The normalized spacial score (nSPS) is 16.3. The molecule has 1 aromatic carbocycles. The molecule has 168 valence electrons. The number of hydrogen-bond acceptors (Lipinski definition) is 7. The number of benzene rings is 1. The van der Waals surface area contributed by atoms with Crippen molar-refractivity contribution in [1.82, 2.24) is 25.0 Å². The zero-order valence-corrected chi connectivity index (χ0v) is 18.5. The van der Waals surface area contributed by atoms with Gasteiger partial charge in [0.15, 0.2) is 16.7 Å². The molecule has 1 aliphatic rings. The van der Waals surface area contributed by atoms with Gasteiger partial charge in [-0.3, -0.25) is 19.1 Å². The average molecular weight is 455 g/mol. The summed E-state index contributed by atoms with van der Waals surface area (Å²) < 4.78 is 7.18. The number of carbonyl (C=O) groups excluding carboxylic acids is 2. The fraction of sp³-hybridized carbons (Fsp3) is 0.364. The highest BCUT2D eigenvalue weighted by Gasteiger charge is 2.24. The van der Waals surface area contributed by atoms with E-state index in [1.165, 1.54) is 17.3 Å². The number of thioether (sulfide) groups is 1. The molecule has 1 saturated heterocycles. The summed E-state index contributed by atoms with van der Waals surface area (Å²) in [5.74, 6) is 0.793. The number of nitrogens with one attached hydrogen (secondary N) is 1. The Morgan fingerprint density at radius 3 is 2.78 bits per heavy atom. The largest absolute Gasteiger partial charge is 0.461 e. The molecule has 9 nitrogen and oxygen atoms in total. The van der Waals surface area contributed by atoms with Crippen molar-refractivity contribution in [3.05, 3.63) is 54.3 Å². The maximum Gasteiger partial charge on any atom is 0.230 e. The minimum Gasteiger partial charge on any atom is -0.461 e. The third-order valence-electron chi connectivity index (χ3n) is 5.26. The lowest BCUT2D eigenvalue weighted by Crippen LogP contribution is -2.38. The second-order valence-electron chi connectivity index (χ2n) is 7.71. The fourth-order valence-corrected chi connectivity index (χ4v) is 4.52. The molecule has 4 rings (SSSR count). The number of hydrogen-bond donors (Lipinski definition) is 2. The smallest absolute Gasteiger partial charge is 0.230 e. The molecule has 0 saturated carbocycles. The Hall–Kier alpha value is -3.11. The second-order valence-corrected chi connectivity index (χ2v) is 8.66. The average Bonchev–Trinajstić information content (AvgIpc) is 3.53. The minimum absolute atomic E-state index is 0.0504. The van der Waals surface area contributed by atoms with Crippen molar-refractivity contribution >= 4 is 23.6 Å². The number of carbonyl (C=O) groups is 2. The quantitative estimate of drug-likeness (QED) is 0.449. The van der Waals surface area contributed by atoms with Crippen molar-refractivity contribution < 1.29 is 14.0 Å². The lowest BCUT2D eigenvalue weighted by Gasteiger charge is -2.16. The summed E-state index contributed by atoms with van der Waals surface area (Å²) in [7, 11) is 0. The zero-order chi connectivity index (χ0) is 22.3. The molecule has 3 heterocycles. The van der Waals surface area contributed by atoms with E-state index in [1.807, 2.05) is 18.2 Å². The fourth-order valence-electron chi connectivity index (χ4n) is 3.74. The van der Waals surface area contributed by atoms with Crippen LogP contribution >= 0.6 is 11.8 Å². The lowest BCUT2D eigenvalue weighted by atomic mass is 10.2. The third-order valence-corrected chi connectivity index (χ3v) is 6.23. The van der Waals surface area contributed by atoms with Gasteiger partial charge in [-0.25, -0.2) is 0 Å². The SMILES string of the molecule is NC(=O)CCn1c(SCC(=O)N[C@@H]2CCN(Cc3ccccc3)C2)nnc1-c1ccco1. The van der Waals surface area contributed by atoms with Crippen LogP contribution < -0.4 is 11.1 Å². The van der Waals surface area contributed by atoms with Crippen molar-refractivity contribution in [2.45, 2.75) is 37.1 Å². The van der Waals surface area contributed by atoms with Crippen LogP contribution in [0.25, 0.3) is 11.6 Å². The number of nitrogens with two attached hydrogens (primary N) is 1. The maximum atomic E-state index is 12.5. The van der Waals surface area contributed by atoms with Crippen LogP contribution in [0.3, 0.4) is 0 Å². The van der Waals surface area contributed by atoms with E-state index < -0.39 is 5.91 Å². The second kappa shape index (κ2) is 10.5. The van der Waals surface area contributed by atoms with E-state index >= 15 is 0 Å². The topological polar surface area (TPSA) is 119 Å². The van der Waals surface area contributed by atoms with Gasteiger partial charge in [0, 0.05) is 38.6 Å². The van der Waals surface area contributed by atoms with Crippen LogP contribution in [0.2, 0.25) is 0 Å². The van der Waals surface area contributed by atoms with Crippen molar-refractivity contribution in [1.29, 1.82) is 0 Å². The number of rotatable bonds is 10. The summed E-state index contributed by atoms with van der Waals surface area (Å²) in [6.07, 6.45) is 2.62. The highest BCUT2D eigenvalue weighted by Crippen LogP contribution is 2.25. The van der Waals surface area contributed by atoms with Crippen molar-refractivity contribution in [3.8, 4) is 11.6 Å². The first-order chi connectivity index (χ1) is 15.6. The van der Waals surface area contributed by atoms with Crippen LogP contribution in [0.15, 0.2) is 58.3 Å². The number of nitrogens with zero attached hydrogens (tertiary/aromatic N) is 4. The number of amides is 2. The van der Waals surface area contributed by atoms with Crippen LogP contribution in [0.4, 0.5) is 0 Å². The molecule has 2 aromatic heterocycles. The van der Waals surface area contributed by atoms with E-state index in [2.05, 4.69) is 32.5 Å². The summed E-state index contributed by atoms with van der Waals surface area (Å²) in [5.41, 5.74) is 6.59. The molecule has 0 unspecified atom stereocenters. The number of furan rings is 1. The monoisotopic (exact) mass is 454 g/mol. The molecule has 0 radical (unpaired) electrons. The maximum absolute atomic E-state index is 12.5. The van der Waals surface area contributed by atoms with E-state index in [-0.39, 0.29) is 24.1 Å². The van der Waals surface area contributed by atoms with Gasteiger partial charge in [-0.1, -0.05) is 42.1 Å². The first-order valence-electron chi connectivity index (χ1n) is 10.5. The molecule has 2 amide bonds. The Balaban J connectivity index is 1.30. The Morgan fingerprint density at radius 1 is 1.19 bits per heavy atom. The molecule has 32 heavy (non-hydrogen) atoms. The van der Waals surface area contributed by atoms with Gasteiger partial charge in [0.2, 0.25) is 11.8 Å². The highest BCUT2D eigenvalue weighted by molar-refractivity contribution is 7.99. The van der Waals surface area contributed by atoms with Gasteiger partial charge in [0.1, 0.15) is 0 Å². The molecule has 1 atom stereocenters. The minimum atomic E-state index is -0.418. The van der Waals surface area contributed by atoms with Crippen LogP contribution in [0.1, 0.15) is 18.4 Å². The summed E-state index contributed by atoms with van der Waals surface area (Å²) in [6, 6.07) is 14.0. The Kier molecular flexibility index (Phi) is 7.23. The van der Waals surface area contributed by atoms with Crippen LogP contribution in [0.5, 0.6) is 0 Å². The van der Waals surface area contributed by atoms with Gasteiger partial charge in [-0.15, -0.1) is 10.2 Å². The third kappa shape index (κ3) is 5.77. The predicted octanol–water partition coefficient (Wildman–Crippen LogP) is 1.90. The molecule has 0 spiro atoms. The summed E-state index contributed by atoms with van der Waals surface area (Å²) in [5, 5.41) is 12.0. The predicted molar refractivity (Wildman–Crippen MR) is 121 cm³/mol. The van der Waals surface area contributed by atoms with Crippen LogP contribution in [-0.4, -0.2) is 56.4 Å². The lowest BCUT2D eigenvalue weighted by molar-refractivity contribution is -0.119. The highest BCUT2D eigenvalue weighted by atomic mass is 32.2. The van der Waals surface area contributed by atoms with Crippen LogP contribution in [0, 0.1) is 0 Å². The zero-order valence-electron chi connectivity index (χ0n) is 17.6. The molecule has 3 N–H and O–H groups in total. The Labute approximate surface area is 190 Å². The number of primary amides is 1. The van der Waals surface area contributed by atoms with E-state index in [0.717, 1.165) is 26.1 Å². The van der Waals surface area contributed by atoms with Gasteiger partial charge in [-0.2, -0.15) is 0 Å². The van der Waals surface area contributed by atoms with E-state index in [9.17, 15) is 9.59 Å². The number of aromatic nitrogens is 3. The summed E-state index contributed by atoms with van der Waals surface area (Å²) >= 11 is 1.28. The standard InChI is InChI=1S/C22H26N6O3S/c23-19(29)9-11-28-21(18-7-4-12-31-18)25-26-22(28)32-15-20(30)24-17-8-10-27(14-17)13-16-5-2-1-3-6-16/h1-7,12,17H,8-11,13-15H2,(H2,23,29)(H,24,30)/t17-/m1/s1. The van der Waals surface area contributed by atoms with Gasteiger partial charge in [-0.05, 0) is 24.1 Å². The Morgan fingerprint density at radius 2 is 2.03 bits per heavy atom. The van der Waals surface area contributed by atoms with Gasteiger partial charge >= 0.3 is 0 Å². The van der Waals surface area contributed by atoms with Gasteiger partial charge in [0.05, 0.1) is 12.0 Å². The van der Waals surface area contributed by atoms with E-state index in [0.29, 0.717) is 23.3 Å². The molecular formula is C22H26N6O3S. The molecule has 1 aliphatic heterocycles. The first kappa shape index (κ1) is 22.1. The molecule has 0 aliphatic carbocycles. The van der Waals surface area contributed by atoms with Gasteiger partial charge < -0.3 is 15.5 Å². The van der Waals surface area contributed by atoms with E-state index in [1.54, 1.807) is 23.0 Å². The molecule has 1 fully saturated rings. The van der Waals surface area contributed by atoms with Crippen molar-refractivity contribution in [2.75, 3.05) is 18.8 Å². The molecular weight excluding hydrogens is 428 g/mol. The Bertz CT molecular complexity index is 1040.